The minimum Gasteiger partial charge on any atom is -0.303 e. The van der Waals surface area contributed by atoms with Crippen LogP contribution in [-0.4, -0.2) is 30.3 Å². The van der Waals surface area contributed by atoms with Gasteiger partial charge in [0.2, 0.25) is 0 Å². The van der Waals surface area contributed by atoms with E-state index in [2.05, 4.69) is 24.3 Å². The average Bonchev–Trinajstić information content (AvgIpc) is 2.55. The monoisotopic (exact) mass is 286 g/mol. The summed E-state index contributed by atoms with van der Waals surface area (Å²) >= 11 is 0. The van der Waals surface area contributed by atoms with Gasteiger partial charge in [0.1, 0.15) is 0 Å². The van der Waals surface area contributed by atoms with Gasteiger partial charge < -0.3 is 4.90 Å². The highest BCUT2D eigenvalue weighted by molar-refractivity contribution is 5.96. The standard InChI is InChI=1S/C19H28NO/c1-2-17-10-9-11-18(16-17)19(21)12-5-3-6-13-20-14-7-4-8-15-20/h4,9-11,16H,2-3,5-8,12-15H2,1H3. The molecule has 1 heterocycles. The number of benzene rings is 1. The summed E-state index contributed by atoms with van der Waals surface area (Å²) in [5.74, 6) is 0.304. The van der Waals surface area contributed by atoms with Crippen molar-refractivity contribution in [2.45, 2.75) is 51.9 Å². The van der Waals surface area contributed by atoms with Gasteiger partial charge in [0.05, 0.1) is 0 Å². The molecule has 1 radical (unpaired) electrons. The molecular weight excluding hydrogens is 258 g/mol. The first kappa shape index (κ1) is 16.2. The van der Waals surface area contributed by atoms with E-state index in [0.29, 0.717) is 12.2 Å². The topological polar surface area (TPSA) is 20.3 Å². The van der Waals surface area contributed by atoms with Crippen molar-refractivity contribution < 1.29 is 4.79 Å². The lowest BCUT2D eigenvalue weighted by atomic mass is 10.0. The Morgan fingerprint density at radius 3 is 2.71 bits per heavy atom. The van der Waals surface area contributed by atoms with Gasteiger partial charge in [0, 0.05) is 12.0 Å². The third kappa shape index (κ3) is 5.62. The zero-order chi connectivity index (χ0) is 14.9. The highest BCUT2D eigenvalue weighted by atomic mass is 16.1. The minimum atomic E-state index is 0.304. The van der Waals surface area contributed by atoms with Crippen molar-refractivity contribution in [1.29, 1.82) is 0 Å². The molecule has 0 aromatic heterocycles. The second-order valence-corrected chi connectivity index (χ2v) is 6.00. The Kier molecular flexibility index (Phi) is 6.94. The van der Waals surface area contributed by atoms with Gasteiger partial charge in [-0.2, -0.15) is 0 Å². The van der Waals surface area contributed by atoms with Crippen LogP contribution in [0.1, 0.15) is 61.4 Å². The molecule has 0 atom stereocenters. The van der Waals surface area contributed by atoms with Crippen LogP contribution >= 0.6 is 0 Å². The predicted octanol–water partition coefficient (Wildman–Crippen LogP) is 4.29. The van der Waals surface area contributed by atoms with E-state index in [1.54, 1.807) is 0 Å². The van der Waals surface area contributed by atoms with Gasteiger partial charge in [-0.1, -0.05) is 31.5 Å². The van der Waals surface area contributed by atoms with Crippen LogP contribution in [-0.2, 0) is 6.42 Å². The maximum absolute atomic E-state index is 12.2. The first-order valence-corrected chi connectivity index (χ1v) is 8.45. The van der Waals surface area contributed by atoms with Gasteiger partial charge in [-0.3, -0.25) is 4.79 Å². The zero-order valence-corrected chi connectivity index (χ0v) is 13.3. The van der Waals surface area contributed by atoms with Crippen molar-refractivity contribution >= 4 is 5.78 Å². The molecule has 115 valence electrons. The molecule has 0 unspecified atom stereocenters. The lowest BCUT2D eigenvalue weighted by Crippen LogP contribution is -2.30. The molecule has 2 rings (SSSR count). The summed E-state index contributed by atoms with van der Waals surface area (Å²) in [6.07, 6.45) is 9.98. The maximum Gasteiger partial charge on any atom is 0.162 e. The molecule has 1 aromatic rings. The fourth-order valence-electron chi connectivity index (χ4n) is 2.93. The van der Waals surface area contributed by atoms with Gasteiger partial charge >= 0.3 is 0 Å². The van der Waals surface area contributed by atoms with E-state index in [4.69, 9.17) is 0 Å². The van der Waals surface area contributed by atoms with E-state index in [1.165, 1.54) is 50.9 Å². The smallest absolute Gasteiger partial charge is 0.162 e. The van der Waals surface area contributed by atoms with E-state index in [-0.39, 0.29) is 0 Å². The molecule has 0 aliphatic carbocycles. The predicted molar refractivity (Wildman–Crippen MR) is 88.6 cm³/mol. The summed E-state index contributed by atoms with van der Waals surface area (Å²) in [6.45, 7) is 5.78. The number of piperidine rings is 1. The SMILES string of the molecule is CCc1cccc(C(=O)CCCCCN2CC[CH]CC2)c1. The van der Waals surface area contributed by atoms with Crippen LogP contribution in [0.25, 0.3) is 0 Å². The fourth-order valence-corrected chi connectivity index (χ4v) is 2.93. The zero-order valence-electron chi connectivity index (χ0n) is 13.3. The number of hydrogen-bond acceptors (Lipinski definition) is 2. The normalized spacial score (nSPS) is 16.0. The van der Waals surface area contributed by atoms with E-state index in [0.717, 1.165) is 18.4 Å². The molecule has 0 spiro atoms. The Balaban J connectivity index is 1.62. The number of carbonyl (C=O) groups excluding carboxylic acids is 1. The second kappa shape index (κ2) is 8.99. The Bertz CT molecular complexity index is 435. The Morgan fingerprint density at radius 1 is 1.14 bits per heavy atom. The summed E-state index contributed by atoms with van der Waals surface area (Å²) in [7, 11) is 0. The number of likely N-dealkylation sites (tertiary alicyclic amines) is 1. The van der Waals surface area contributed by atoms with Gasteiger partial charge in [-0.15, -0.1) is 0 Å². The van der Waals surface area contributed by atoms with Crippen LogP contribution < -0.4 is 0 Å². The van der Waals surface area contributed by atoms with Crippen molar-refractivity contribution in [2.75, 3.05) is 19.6 Å². The van der Waals surface area contributed by atoms with Crippen molar-refractivity contribution in [2.24, 2.45) is 0 Å². The molecule has 0 N–H and O–H groups in total. The van der Waals surface area contributed by atoms with Crippen LogP contribution in [0.15, 0.2) is 24.3 Å². The molecule has 2 nitrogen and oxygen atoms in total. The number of ketones is 1. The summed E-state index contributed by atoms with van der Waals surface area (Å²) in [4.78, 5) is 14.7. The lowest BCUT2D eigenvalue weighted by molar-refractivity contribution is 0.0978. The Hall–Kier alpha value is -1.15. The van der Waals surface area contributed by atoms with E-state index in [9.17, 15) is 4.79 Å². The molecule has 0 bridgehead atoms. The van der Waals surface area contributed by atoms with Crippen LogP contribution in [0.2, 0.25) is 0 Å². The molecule has 0 amide bonds. The largest absolute Gasteiger partial charge is 0.303 e. The number of aryl methyl sites for hydroxylation is 1. The number of unbranched alkanes of at least 4 members (excludes halogenated alkanes) is 2. The lowest BCUT2D eigenvalue weighted by Gasteiger charge is -2.26. The Morgan fingerprint density at radius 2 is 1.95 bits per heavy atom. The number of hydrogen-bond donors (Lipinski definition) is 0. The third-order valence-corrected chi connectivity index (χ3v) is 4.33. The van der Waals surface area contributed by atoms with Crippen molar-refractivity contribution in [3.63, 3.8) is 0 Å². The number of carbonyl (C=O) groups is 1. The van der Waals surface area contributed by atoms with Gasteiger partial charge in [-0.05, 0) is 69.8 Å². The van der Waals surface area contributed by atoms with E-state index in [1.807, 2.05) is 18.2 Å². The average molecular weight is 286 g/mol. The third-order valence-electron chi connectivity index (χ3n) is 4.33. The molecule has 0 saturated carbocycles. The van der Waals surface area contributed by atoms with Crippen LogP contribution in [0.3, 0.4) is 0 Å². The van der Waals surface area contributed by atoms with Crippen LogP contribution in [0, 0.1) is 6.42 Å². The highest BCUT2D eigenvalue weighted by Crippen LogP contribution is 2.13. The first-order valence-electron chi connectivity index (χ1n) is 8.45. The summed E-state index contributed by atoms with van der Waals surface area (Å²) in [6, 6.07) is 8.09. The van der Waals surface area contributed by atoms with Gasteiger partial charge in [-0.25, -0.2) is 0 Å². The van der Waals surface area contributed by atoms with E-state index < -0.39 is 0 Å². The van der Waals surface area contributed by atoms with Gasteiger partial charge in [0.25, 0.3) is 0 Å². The molecule has 1 saturated heterocycles. The second-order valence-electron chi connectivity index (χ2n) is 6.00. The molecule has 1 aromatic carbocycles. The number of nitrogens with zero attached hydrogens (tertiary/aromatic N) is 1. The quantitative estimate of drug-likeness (QED) is 0.525. The molecule has 21 heavy (non-hydrogen) atoms. The number of rotatable bonds is 8. The first-order chi connectivity index (χ1) is 10.3. The molecule has 1 aliphatic rings. The molecule has 1 fully saturated rings. The number of Topliss-reactive ketones (excluding diaryl/α,β-unsaturated/α-hetero) is 1. The maximum atomic E-state index is 12.2. The fraction of sp³-hybridized carbons (Fsp3) is 0.579. The molecule has 2 heteroatoms. The van der Waals surface area contributed by atoms with Crippen LogP contribution in [0.5, 0.6) is 0 Å². The van der Waals surface area contributed by atoms with Gasteiger partial charge in [0.15, 0.2) is 5.78 Å². The van der Waals surface area contributed by atoms with Crippen LogP contribution in [0.4, 0.5) is 0 Å². The highest BCUT2D eigenvalue weighted by Gasteiger charge is 2.10. The summed E-state index contributed by atoms with van der Waals surface area (Å²) in [5.41, 5.74) is 2.14. The molecule has 1 aliphatic heterocycles. The van der Waals surface area contributed by atoms with Crippen molar-refractivity contribution in [3.05, 3.63) is 41.8 Å². The Labute approximate surface area is 129 Å². The van der Waals surface area contributed by atoms with Crippen molar-refractivity contribution in [3.8, 4) is 0 Å². The minimum absolute atomic E-state index is 0.304. The van der Waals surface area contributed by atoms with Crippen molar-refractivity contribution in [1.82, 2.24) is 4.90 Å². The summed E-state index contributed by atoms with van der Waals surface area (Å²) in [5, 5.41) is 0. The summed E-state index contributed by atoms with van der Waals surface area (Å²) < 4.78 is 0. The van der Waals surface area contributed by atoms with E-state index >= 15 is 0 Å². The molecular formula is C19H28NO.